The maximum atomic E-state index is 11.7. The second kappa shape index (κ2) is 5.83. The summed E-state index contributed by atoms with van der Waals surface area (Å²) in [5.41, 5.74) is 7.92. The number of fused-ring (bicyclic) bond motifs is 1. The van der Waals surface area contributed by atoms with Crippen LogP contribution in [0, 0.1) is 0 Å². The maximum Gasteiger partial charge on any atom is 0.321 e. The lowest BCUT2D eigenvalue weighted by atomic mass is 10.3. The lowest BCUT2D eigenvalue weighted by Gasteiger charge is -2.08. The van der Waals surface area contributed by atoms with Gasteiger partial charge in [-0.2, -0.15) is 0 Å². The van der Waals surface area contributed by atoms with Crippen LogP contribution in [0.1, 0.15) is 6.92 Å². The van der Waals surface area contributed by atoms with Gasteiger partial charge >= 0.3 is 6.03 Å². The van der Waals surface area contributed by atoms with E-state index >= 15 is 0 Å². The van der Waals surface area contributed by atoms with Crippen molar-refractivity contribution in [3.05, 3.63) is 18.2 Å². The van der Waals surface area contributed by atoms with Gasteiger partial charge in [-0.05, 0) is 25.1 Å². The van der Waals surface area contributed by atoms with Crippen LogP contribution in [0.2, 0.25) is 0 Å². The zero-order valence-electron chi connectivity index (χ0n) is 11.1. The minimum Gasteiger partial charge on any atom is -0.399 e. The predicted molar refractivity (Wildman–Crippen MR) is 78.4 cm³/mol. The molecule has 0 aliphatic heterocycles. The molecule has 1 unspecified atom stereocenters. The first kappa shape index (κ1) is 14.2. The van der Waals surface area contributed by atoms with E-state index in [-0.39, 0.29) is 5.91 Å². The average molecular weight is 293 g/mol. The van der Waals surface area contributed by atoms with Crippen LogP contribution in [0.4, 0.5) is 10.5 Å². The number of rotatable bonds is 3. The number of imide groups is 1. The highest BCUT2D eigenvalue weighted by Gasteiger charge is 2.18. The van der Waals surface area contributed by atoms with Crippen LogP contribution < -0.4 is 16.4 Å². The van der Waals surface area contributed by atoms with Gasteiger partial charge in [0.1, 0.15) is 0 Å². The van der Waals surface area contributed by atoms with E-state index in [0.29, 0.717) is 10.8 Å². The third-order valence-electron chi connectivity index (χ3n) is 2.61. The topological polar surface area (TPSA) is 113 Å². The molecule has 1 heterocycles. The fraction of sp³-hybridized carbons (Fsp3) is 0.250. The van der Waals surface area contributed by atoms with E-state index in [9.17, 15) is 9.59 Å². The van der Waals surface area contributed by atoms with Crippen molar-refractivity contribution < 1.29 is 9.59 Å². The fourth-order valence-corrected chi connectivity index (χ4v) is 2.38. The number of aromatic amines is 1. The number of thioether (sulfide) groups is 1. The molecule has 2 aromatic rings. The number of hydrogen-bond acceptors (Lipinski definition) is 5. The summed E-state index contributed by atoms with van der Waals surface area (Å²) >= 11 is 1.24. The summed E-state index contributed by atoms with van der Waals surface area (Å²) in [6, 6.07) is 4.82. The number of nitrogens with two attached hydrogens (primary N) is 1. The molecule has 20 heavy (non-hydrogen) atoms. The number of hydrogen-bond donors (Lipinski definition) is 4. The fourth-order valence-electron chi connectivity index (χ4n) is 1.56. The monoisotopic (exact) mass is 293 g/mol. The van der Waals surface area contributed by atoms with Crippen LogP contribution in [0.3, 0.4) is 0 Å². The second-order valence-electron chi connectivity index (χ2n) is 4.15. The standard InChI is InChI=1S/C12H15N5O2S/c1-6(10(18)17-11(19)14-2)20-12-15-8-4-3-7(13)5-9(8)16-12/h3-6H,13H2,1-2H3,(H,15,16)(H2,14,17,18,19). The van der Waals surface area contributed by atoms with Crippen LogP contribution in [-0.2, 0) is 4.79 Å². The molecule has 1 aromatic carbocycles. The number of anilines is 1. The molecule has 106 valence electrons. The first-order chi connectivity index (χ1) is 9.49. The highest BCUT2D eigenvalue weighted by molar-refractivity contribution is 8.00. The number of nitrogens with zero attached hydrogens (tertiary/aromatic N) is 1. The summed E-state index contributed by atoms with van der Waals surface area (Å²) in [6.07, 6.45) is 0. The molecule has 3 amide bonds. The summed E-state index contributed by atoms with van der Waals surface area (Å²) in [4.78, 5) is 30.2. The number of nitrogen functional groups attached to an aromatic ring is 1. The van der Waals surface area contributed by atoms with E-state index in [1.165, 1.54) is 18.8 Å². The van der Waals surface area contributed by atoms with Gasteiger partial charge in [-0.25, -0.2) is 9.78 Å². The van der Waals surface area contributed by atoms with E-state index in [2.05, 4.69) is 20.6 Å². The highest BCUT2D eigenvalue weighted by Crippen LogP contribution is 2.24. The Balaban J connectivity index is 2.07. The van der Waals surface area contributed by atoms with Gasteiger partial charge in [0, 0.05) is 12.7 Å². The van der Waals surface area contributed by atoms with Crippen molar-refractivity contribution in [2.24, 2.45) is 0 Å². The summed E-state index contributed by atoms with van der Waals surface area (Å²) in [5, 5.41) is 4.69. The largest absolute Gasteiger partial charge is 0.399 e. The zero-order chi connectivity index (χ0) is 14.7. The van der Waals surface area contributed by atoms with Crippen molar-refractivity contribution in [3.63, 3.8) is 0 Å². The van der Waals surface area contributed by atoms with Crippen molar-refractivity contribution in [2.45, 2.75) is 17.3 Å². The predicted octanol–water partition coefficient (Wildman–Crippen LogP) is 1.08. The molecule has 1 atom stereocenters. The van der Waals surface area contributed by atoms with Crippen molar-refractivity contribution in [2.75, 3.05) is 12.8 Å². The van der Waals surface area contributed by atoms with Crippen LogP contribution in [0.25, 0.3) is 11.0 Å². The van der Waals surface area contributed by atoms with Gasteiger partial charge in [0.2, 0.25) is 5.91 Å². The molecule has 5 N–H and O–H groups in total. The number of imidazole rings is 1. The van der Waals surface area contributed by atoms with Crippen LogP contribution >= 0.6 is 11.8 Å². The van der Waals surface area contributed by atoms with Gasteiger partial charge in [0.05, 0.1) is 16.3 Å². The Morgan fingerprint density at radius 2 is 2.20 bits per heavy atom. The Bertz CT molecular complexity index is 654. The minimum atomic E-state index is -0.528. The van der Waals surface area contributed by atoms with Crippen molar-refractivity contribution in [3.8, 4) is 0 Å². The average Bonchev–Trinajstić information content (AvgIpc) is 2.79. The summed E-state index contributed by atoms with van der Waals surface area (Å²) in [7, 11) is 1.45. The molecule has 0 aliphatic carbocycles. The molecule has 0 bridgehead atoms. The quantitative estimate of drug-likeness (QED) is 0.499. The molecular weight excluding hydrogens is 278 g/mol. The van der Waals surface area contributed by atoms with E-state index in [1.807, 2.05) is 0 Å². The molecule has 0 fully saturated rings. The van der Waals surface area contributed by atoms with Crippen molar-refractivity contribution >= 4 is 40.4 Å². The number of aromatic nitrogens is 2. The Morgan fingerprint density at radius 1 is 1.45 bits per heavy atom. The number of amides is 3. The van der Waals surface area contributed by atoms with Crippen molar-refractivity contribution in [1.82, 2.24) is 20.6 Å². The highest BCUT2D eigenvalue weighted by atomic mass is 32.2. The first-order valence-electron chi connectivity index (χ1n) is 5.94. The number of benzene rings is 1. The molecule has 0 saturated carbocycles. The summed E-state index contributed by atoms with van der Waals surface area (Å²) in [5.74, 6) is -0.380. The van der Waals surface area contributed by atoms with Gasteiger partial charge in [-0.15, -0.1) is 0 Å². The summed E-state index contributed by atoms with van der Waals surface area (Å²) in [6.45, 7) is 1.70. The smallest absolute Gasteiger partial charge is 0.321 e. The molecule has 2 rings (SSSR count). The first-order valence-corrected chi connectivity index (χ1v) is 6.82. The minimum absolute atomic E-state index is 0.380. The lowest BCUT2D eigenvalue weighted by Crippen LogP contribution is -2.41. The molecule has 0 spiro atoms. The maximum absolute atomic E-state index is 11.7. The van der Waals surface area contributed by atoms with Crippen LogP contribution in [0.15, 0.2) is 23.4 Å². The molecule has 8 heteroatoms. The Hall–Kier alpha value is -2.22. The number of urea groups is 1. The van der Waals surface area contributed by atoms with Gasteiger partial charge in [-0.1, -0.05) is 11.8 Å². The number of carbonyl (C=O) groups excluding carboxylic acids is 2. The van der Waals surface area contributed by atoms with E-state index in [0.717, 1.165) is 11.0 Å². The molecule has 0 aliphatic rings. The molecule has 0 radical (unpaired) electrons. The Morgan fingerprint density at radius 3 is 2.90 bits per heavy atom. The number of carbonyl (C=O) groups is 2. The Labute approximate surface area is 119 Å². The normalized spacial score (nSPS) is 12.1. The molecule has 0 saturated heterocycles. The van der Waals surface area contributed by atoms with Gasteiger partial charge in [-0.3, -0.25) is 10.1 Å². The van der Waals surface area contributed by atoms with Crippen LogP contribution in [-0.4, -0.2) is 34.2 Å². The van der Waals surface area contributed by atoms with E-state index < -0.39 is 11.3 Å². The van der Waals surface area contributed by atoms with Gasteiger partial charge in [0.25, 0.3) is 0 Å². The second-order valence-corrected chi connectivity index (χ2v) is 5.48. The third-order valence-corrected chi connectivity index (χ3v) is 3.59. The van der Waals surface area contributed by atoms with E-state index in [4.69, 9.17) is 5.73 Å². The molecule has 1 aromatic heterocycles. The SMILES string of the molecule is CNC(=O)NC(=O)C(C)Sc1nc2ccc(N)cc2[nH]1. The summed E-state index contributed by atoms with van der Waals surface area (Å²) < 4.78 is 0. The lowest BCUT2D eigenvalue weighted by molar-refractivity contribution is -0.119. The molecular formula is C12H15N5O2S. The zero-order valence-corrected chi connectivity index (χ0v) is 11.9. The number of nitrogens with one attached hydrogen (secondary N) is 3. The Kier molecular flexibility index (Phi) is 4.14. The van der Waals surface area contributed by atoms with E-state index in [1.54, 1.807) is 25.1 Å². The third kappa shape index (κ3) is 3.21. The van der Waals surface area contributed by atoms with Crippen LogP contribution in [0.5, 0.6) is 0 Å². The van der Waals surface area contributed by atoms with Crippen molar-refractivity contribution in [1.29, 1.82) is 0 Å². The van der Waals surface area contributed by atoms with Gasteiger partial charge in [0.15, 0.2) is 5.16 Å². The molecule has 7 nitrogen and oxygen atoms in total. The number of H-pyrrole nitrogens is 1. The van der Waals surface area contributed by atoms with Gasteiger partial charge < -0.3 is 16.0 Å².